The van der Waals surface area contributed by atoms with Crippen LogP contribution >= 0.6 is 11.6 Å². The molecule has 0 aliphatic carbocycles. The van der Waals surface area contributed by atoms with Gasteiger partial charge in [-0.15, -0.1) is 0 Å². The Hall–Kier alpha value is -1.26. The van der Waals surface area contributed by atoms with Crippen LogP contribution in [-0.2, 0) is 9.53 Å². The Morgan fingerprint density at radius 3 is 2.61 bits per heavy atom. The zero-order valence-corrected chi connectivity index (χ0v) is 14.7. The van der Waals surface area contributed by atoms with Gasteiger partial charge in [-0.1, -0.05) is 11.6 Å². The van der Waals surface area contributed by atoms with Gasteiger partial charge >= 0.3 is 0 Å². The molecule has 1 N–H and O–H groups in total. The van der Waals surface area contributed by atoms with Crippen LogP contribution in [0.15, 0.2) is 12.1 Å². The van der Waals surface area contributed by atoms with E-state index >= 15 is 0 Å². The largest absolute Gasteiger partial charge is 0.484 e. The molecule has 1 aromatic carbocycles. The Kier molecular flexibility index (Phi) is 7.18. The molecule has 0 radical (unpaired) electrons. The number of halogens is 1. The van der Waals surface area contributed by atoms with Gasteiger partial charge in [-0.3, -0.25) is 4.79 Å². The minimum atomic E-state index is -0.0813. The number of hydrogen-bond acceptors (Lipinski definition) is 3. The van der Waals surface area contributed by atoms with Crippen LogP contribution in [0, 0.1) is 19.8 Å². The first kappa shape index (κ1) is 18.1. The summed E-state index contributed by atoms with van der Waals surface area (Å²) in [4.78, 5) is 11.8. The number of ether oxygens (including phenoxy) is 2. The first-order valence-electron chi connectivity index (χ1n) is 8.30. The van der Waals surface area contributed by atoms with Gasteiger partial charge in [-0.2, -0.15) is 0 Å². The molecule has 0 bridgehead atoms. The summed E-state index contributed by atoms with van der Waals surface area (Å²) in [6.45, 7) is 6.36. The van der Waals surface area contributed by atoms with Crippen molar-refractivity contribution in [1.82, 2.24) is 5.32 Å². The van der Waals surface area contributed by atoms with Crippen LogP contribution < -0.4 is 10.1 Å². The Morgan fingerprint density at radius 1 is 1.30 bits per heavy atom. The van der Waals surface area contributed by atoms with Gasteiger partial charge < -0.3 is 14.8 Å². The first-order valence-corrected chi connectivity index (χ1v) is 8.68. The molecule has 1 amide bonds. The fourth-order valence-corrected chi connectivity index (χ4v) is 2.95. The highest BCUT2D eigenvalue weighted by Crippen LogP contribution is 2.25. The van der Waals surface area contributed by atoms with Gasteiger partial charge in [0.05, 0.1) is 0 Å². The second-order valence-corrected chi connectivity index (χ2v) is 6.59. The van der Waals surface area contributed by atoms with E-state index in [2.05, 4.69) is 5.32 Å². The van der Waals surface area contributed by atoms with Crippen LogP contribution in [0.3, 0.4) is 0 Å². The first-order chi connectivity index (χ1) is 11.1. The van der Waals surface area contributed by atoms with Crippen molar-refractivity contribution in [3.05, 3.63) is 28.3 Å². The molecule has 1 aliphatic rings. The second kappa shape index (κ2) is 9.14. The standard InChI is InChI=1S/C18H26ClNO3/c1-13-10-16(11-14(2)18(13)19)23-12-17(21)20-7-3-4-15-5-8-22-9-6-15/h10-11,15H,3-9,12H2,1-2H3,(H,20,21). The highest BCUT2D eigenvalue weighted by Gasteiger charge is 2.13. The lowest BCUT2D eigenvalue weighted by atomic mass is 9.95. The van der Waals surface area contributed by atoms with E-state index in [1.54, 1.807) is 0 Å². The Morgan fingerprint density at radius 2 is 1.96 bits per heavy atom. The van der Waals surface area contributed by atoms with E-state index < -0.39 is 0 Å². The van der Waals surface area contributed by atoms with E-state index in [1.807, 2.05) is 26.0 Å². The highest BCUT2D eigenvalue weighted by atomic mass is 35.5. The molecule has 1 fully saturated rings. The predicted octanol–water partition coefficient (Wildman–Crippen LogP) is 3.66. The Labute approximate surface area is 143 Å². The summed E-state index contributed by atoms with van der Waals surface area (Å²) in [6, 6.07) is 3.71. The quantitative estimate of drug-likeness (QED) is 0.771. The van der Waals surface area contributed by atoms with Gasteiger partial charge in [-0.25, -0.2) is 0 Å². The van der Waals surface area contributed by atoms with E-state index in [-0.39, 0.29) is 12.5 Å². The van der Waals surface area contributed by atoms with Crippen molar-refractivity contribution >= 4 is 17.5 Å². The SMILES string of the molecule is Cc1cc(OCC(=O)NCCCC2CCOCC2)cc(C)c1Cl. The fraction of sp³-hybridized carbons (Fsp3) is 0.611. The average molecular weight is 340 g/mol. The lowest BCUT2D eigenvalue weighted by Crippen LogP contribution is -2.30. The van der Waals surface area contributed by atoms with Gasteiger partial charge in [0.25, 0.3) is 5.91 Å². The van der Waals surface area contributed by atoms with Crippen molar-refractivity contribution in [2.45, 2.75) is 39.5 Å². The molecular formula is C18H26ClNO3. The fourth-order valence-electron chi connectivity index (χ4n) is 2.84. The maximum Gasteiger partial charge on any atom is 0.257 e. The minimum absolute atomic E-state index is 0.0395. The molecule has 5 heteroatoms. The summed E-state index contributed by atoms with van der Waals surface area (Å²) in [5.74, 6) is 1.35. The summed E-state index contributed by atoms with van der Waals surface area (Å²) >= 11 is 6.12. The van der Waals surface area contributed by atoms with Crippen LogP contribution in [0.1, 0.15) is 36.8 Å². The second-order valence-electron chi connectivity index (χ2n) is 6.21. The summed E-state index contributed by atoms with van der Waals surface area (Å²) in [6.07, 6.45) is 4.45. The van der Waals surface area contributed by atoms with Gasteiger partial charge in [0, 0.05) is 24.8 Å². The minimum Gasteiger partial charge on any atom is -0.484 e. The molecule has 128 valence electrons. The summed E-state index contributed by atoms with van der Waals surface area (Å²) in [5, 5.41) is 3.66. The van der Waals surface area contributed by atoms with Gasteiger partial charge in [0.15, 0.2) is 6.61 Å². The van der Waals surface area contributed by atoms with E-state index in [0.717, 1.165) is 61.0 Å². The molecule has 0 unspecified atom stereocenters. The molecule has 4 nitrogen and oxygen atoms in total. The molecule has 0 aromatic heterocycles. The van der Waals surface area contributed by atoms with Crippen molar-refractivity contribution in [3.63, 3.8) is 0 Å². The maximum atomic E-state index is 11.8. The normalized spacial score (nSPS) is 15.4. The topological polar surface area (TPSA) is 47.6 Å². The third kappa shape index (κ3) is 6.04. The van der Waals surface area contributed by atoms with Crippen LogP contribution in [0.4, 0.5) is 0 Å². The number of aryl methyl sites for hydroxylation is 2. The molecular weight excluding hydrogens is 314 g/mol. The third-order valence-corrected chi connectivity index (χ3v) is 4.83. The van der Waals surface area contributed by atoms with Crippen molar-refractivity contribution in [3.8, 4) is 5.75 Å². The van der Waals surface area contributed by atoms with Crippen LogP contribution in [0.5, 0.6) is 5.75 Å². The van der Waals surface area contributed by atoms with E-state index in [1.165, 1.54) is 0 Å². The van der Waals surface area contributed by atoms with E-state index in [0.29, 0.717) is 12.3 Å². The van der Waals surface area contributed by atoms with Crippen LogP contribution in [0.25, 0.3) is 0 Å². The highest BCUT2D eigenvalue weighted by molar-refractivity contribution is 6.32. The Balaban J connectivity index is 1.63. The molecule has 0 saturated carbocycles. The molecule has 23 heavy (non-hydrogen) atoms. The zero-order chi connectivity index (χ0) is 16.7. The lowest BCUT2D eigenvalue weighted by Gasteiger charge is -2.21. The van der Waals surface area contributed by atoms with Crippen molar-refractivity contribution < 1.29 is 14.3 Å². The smallest absolute Gasteiger partial charge is 0.257 e. The Bertz CT molecular complexity index is 504. The van der Waals surface area contributed by atoms with Crippen LogP contribution in [-0.4, -0.2) is 32.3 Å². The molecule has 1 saturated heterocycles. The van der Waals surface area contributed by atoms with Crippen molar-refractivity contribution in [2.24, 2.45) is 5.92 Å². The average Bonchev–Trinajstić information content (AvgIpc) is 2.55. The summed E-state index contributed by atoms with van der Waals surface area (Å²) in [7, 11) is 0. The maximum absolute atomic E-state index is 11.8. The number of hydrogen-bond donors (Lipinski definition) is 1. The zero-order valence-electron chi connectivity index (χ0n) is 14.0. The van der Waals surface area contributed by atoms with Crippen molar-refractivity contribution in [1.29, 1.82) is 0 Å². The van der Waals surface area contributed by atoms with Crippen LogP contribution in [0.2, 0.25) is 5.02 Å². The molecule has 2 rings (SSSR count). The number of amides is 1. The molecule has 1 aliphatic heterocycles. The predicted molar refractivity (Wildman–Crippen MR) is 92.2 cm³/mol. The molecule has 1 heterocycles. The van der Waals surface area contributed by atoms with Gasteiger partial charge in [-0.05, 0) is 68.7 Å². The number of nitrogens with one attached hydrogen (secondary N) is 1. The number of benzene rings is 1. The van der Waals surface area contributed by atoms with Crippen molar-refractivity contribution in [2.75, 3.05) is 26.4 Å². The molecule has 0 spiro atoms. The summed E-state index contributed by atoms with van der Waals surface area (Å²) < 4.78 is 10.9. The van der Waals surface area contributed by atoms with Gasteiger partial charge in [0.1, 0.15) is 5.75 Å². The van der Waals surface area contributed by atoms with E-state index in [4.69, 9.17) is 21.1 Å². The van der Waals surface area contributed by atoms with Gasteiger partial charge in [0.2, 0.25) is 0 Å². The number of carbonyl (C=O) groups excluding carboxylic acids is 1. The third-order valence-electron chi connectivity index (χ3n) is 4.23. The molecule has 0 atom stereocenters. The van der Waals surface area contributed by atoms with E-state index in [9.17, 15) is 4.79 Å². The number of rotatable bonds is 7. The summed E-state index contributed by atoms with van der Waals surface area (Å²) in [5.41, 5.74) is 1.91. The number of carbonyl (C=O) groups is 1. The monoisotopic (exact) mass is 339 g/mol. The lowest BCUT2D eigenvalue weighted by molar-refractivity contribution is -0.123. The molecule has 1 aromatic rings.